The molecule has 2 nitrogen and oxygen atoms in total. The summed E-state index contributed by atoms with van der Waals surface area (Å²) in [5.41, 5.74) is 0.396. The lowest BCUT2D eigenvalue weighted by Gasteiger charge is -2.05. The fourth-order valence-corrected chi connectivity index (χ4v) is 0.821. The molecule has 11 heavy (non-hydrogen) atoms. The molecule has 3 heteroatoms. The third kappa shape index (κ3) is 1.91. The van der Waals surface area contributed by atoms with Crippen LogP contribution in [0.1, 0.15) is 11.7 Å². The van der Waals surface area contributed by atoms with E-state index in [-0.39, 0.29) is 5.75 Å². The number of hydrogen-bond donors (Lipinski definition) is 2. The van der Waals surface area contributed by atoms with Crippen LogP contribution in [0, 0.1) is 0 Å². The Balaban J connectivity index is 2.86. The van der Waals surface area contributed by atoms with E-state index in [9.17, 15) is 4.39 Å². The Kier molecular flexibility index (Phi) is 2.44. The van der Waals surface area contributed by atoms with Crippen molar-refractivity contribution in [1.82, 2.24) is 0 Å². The first-order chi connectivity index (χ1) is 5.24. The lowest BCUT2D eigenvalue weighted by Crippen LogP contribution is -1.97. The van der Waals surface area contributed by atoms with Crippen molar-refractivity contribution in [1.29, 1.82) is 0 Å². The molecule has 0 fully saturated rings. The van der Waals surface area contributed by atoms with Gasteiger partial charge in [0.05, 0.1) is 0 Å². The molecular formula is C8H9FO2. The monoisotopic (exact) mass is 156 g/mol. The predicted molar refractivity (Wildman–Crippen MR) is 39.0 cm³/mol. The van der Waals surface area contributed by atoms with Crippen molar-refractivity contribution in [3.05, 3.63) is 29.8 Å². The van der Waals surface area contributed by atoms with E-state index >= 15 is 0 Å². The fraction of sp³-hybridized carbons (Fsp3) is 0.250. The van der Waals surface area contributed by atoms with Gasteiger partial charge >= 0.3 is 0 Å². The van der Waals surface area contributed by atoms with Crippen molar-refractivity contribution >= 4 is 0 Å². The lowest BCUT2D eigenvalue weighted by atomic mass is 10.1. The van der Waals surface area contributed by atoms with Crippen molar-refractivity contribution in [2.24, 2.45) is 0 Å². The van der Waals surface area contributed by atoms with Crippen LogP contribution >= 0.6 is 0 Å². The number of benzene rings is 1. The largest absolute Gasteiger partial charge is 0.508 e. The second-order valence-corrected chi connectivity index (χ2v) is 2.27. The summed E-state index contributed by atoms with van der Waals surface area (Å²) < 4.78 is 11.9. The molecule has 1 rings (SSSR count). The standard InChI is InChI=1S/C8H9FO2/c9-5-8(11)6-2-1-3-7(10)4-6/h1-4,8,10-11H,5H2/t8-/m1/s1. The van der Waals surface area contributed by atoms with E-state index in [4.69, 9.17) is 10.2 Å². The summed E-state index contributed by atoms with van der Waals surface area (Å²) in [6.45, 7) is -0.830. The van der Waals surface area contributed by atoms with E-state index in [1.807, 2.05) is 0 Å². The van der Waals surface area contributed by atoms with Crippen LogP contribution in [-0.2, 0) is 0 Å². The van der Waals surface area contributed by atoms with Gasteiger partial charge in [0.25, 0.3) is 0 Å². The Labute approximate surface area is 63.9 Å². The van der Waals surface area contributed by atoms with E-state index < -0.39 is 12.8 Å². The molecular weight excluding hydrogens is 147 g/mol. The van der Waals surface area contributed by atoms with E-state index in [0.717, 1.165) is 0 Å². The summed E-state index contributed by atoms with van der Waals surface area (Å²) >= 11 is 0. The summed E-state index contributed by atoms with van der Waals surface area (Å²) in [7, 11) is 0. The van der Waals surface area contributed by atoms with Crippen LogP contribution in [0.2, 0.25) is 0 Å². The van der Waals surface area contributed by atoms with E-state index in [0.29, 0.717) is 5.56 Å². The Hall–Kier alpha value is -1.09. The molecule has 0 saturated carbocycles. The summed E-state index contributed by atoms with van der Waals surface area (Å²) in [4.78, 5) is 0. The van der Waals surface area contributed by atoms with Gasteiger partial charge in [0.2, 0.25) is 0 Å². The minimum atomic E-state index is -1.12. The Morgan fingerprint density at radius 1 is 1.45 bits per heavy atom. The van der Waals surface area contributed by atoms with Gasteiger partial charge in [0.15, 0.2) is 0 Å². The highest BCUT2D eigenvalue weighted by Gasteiger charge is 2.05. The third-order valence-electron chi connectivity index (χ3n) is 1.40. The molecule has 1 aromatic rings. The second kappa shape index (κ2) is 3.34. The van der Waals surface area contributed by atoms with Crippen LogP contribution in [0.5, 0.6) is 5.75 Å². The Morgan fingerprint density at radius 3 is 2.73 bits per heavy atom. The fourth-order valence-electron chi connectivity index (χ4n) is 0.821. The molecule has 0 spiro atoms. The number of aliphatic hydroxyl groups is 1. The first-order valence-electron chi connectivity index (χ1n) is 3.27. The van der Waals surface area contributed by atoms with Crippen LogP contribution < -0.4 is 0 Å². The highest BCUT2D eigenvalue weighted by Crippen LogP contribution is 2.17. The molecule has 0 aromatic heterocycles. The molecule has 0 unspecified atom stereocenters. The molecule has 60 valence electrons. The minimum absolute atomic E-state index is 0.0370. The van der Waals surface area contributed by atoms with Crippen molar-refractivity contribution in [3.63, 3.8) is 0 Å². The maximum Gasteiger partial charge on any atom is 0.119 e. The van der Waals surface area contributed by atoms with Crippen LogP contribution in [0.25, 0.3) is 0 Å². The maximum absolute atomic E-state index is 11.9. The van der Waals surface area contributed by atoms with Gasteiger partial charge in [-0.1, -0.05) is 12.1 Å². The maximum atomic E-state index is 11.9. The average Bonchev–Trinajstić information content (AvgIpc) is 2.03. The Morgan fingerprint density at radius 2 is 2.18 bits per heavy atom. The number of phenolic OH excluding ortho intramolecular Hbond substituents is 1. The van der Waals surface area contributed by atoms with Crippen molar-refractivity contribution in [2.45, 2.75) is 6.10 Å². The zero-order valence-electron chi connectivity index (χ0n) is 5.87. The number of rotatable bonds is 2. The SMILES string of the molecule is Oc1cccc([C@H](O)CF)c1. The van der Waals surface area contributed by atoms with Crippen molar-refractivity contribution < 1.29 is 14.6 Å². The molecule has 1 atom stereocenters. The molecule has 0 aliphatic heterocycles. The summed E-state index contributed by atoms with van der Waals surface area (Å²) in [5, 5.41) is 17.9. The van der Waals surface area contributed by atoms with Crippen LogP contribution in [0.15, 0.2) is 24.3 Å². The average molecular weight is 156 g/mol. The topological polar surface area (TPSA) is 40.5 Å². The van der Waals surface area contributed by atoms with Gasteiger partial charge in [0.1, 0.15) is 18.5 Å². The van der Waals surface area contributed by atoms with Crippen molar-refractivity contribution in [2.75, 3.05) is 6.67 Å². The molecule has 0 aliphatic rings. The van der Waals surface area contributed by atoms with E-state index in [2.05, 4.69) is 0 Å². The zero-order chi connectivity index (χ0) is 8.27. The normalized spacial score (nSPS) is 12.9. The summed E-state index contributed by atoms with van der Waals surface area (Å²) in [6.07, 6.45) is -1.12. The molecule has 2 N–H and O–H groups in total. The first-order valence-corrected chi connectivity index (χ1v) is 3.27. The van der Waals surface area contributed by atoms with E-state index in [1.165, 1.54) is 12.1 Å². The van der Waals surface area contributed by atoms with Crippen LogP contribution in [0.3, 0.4) is 0 Å². The van der Waals surface area contributed by atoms with Crippen LogP contribution in [0.4, 0.5) is 4.39 Å². The molecule has 0 amide bonds. The Bertz CT molecular complexity index is 237. The number of halogens is 1. The highest BCUT2D eigenvalue weighted by molar-refractivity contribution is 5.28. The highest BCUT2D eigenvalue weighted by atomic mass is 19.1. The quantitative estimate of drug-likeness (QED) is 0.679. The number of aliphatic hydroxyl groups excluding tert-OH is 1. The van der Waals surface area contributed by atoms with Gasteiger partial charge in [-0.3, -0.25) is 0 Å². The van der Waals surface area contributed by atoms with Crippen LogP contribution in [-0.4, -0.2) is 16.9 Å². The van der Waals surface area contributed by atoms with Gasteiger partial charge < -0.3 is 10.2 Å². The van der Waals surface area contributed by atoms with Gasteiger partial charge in [-0.05, 0) is 17.7 Å². The minimum Gasteiger partial charge on any atom is -0.508 e. The number of aromatic hydroxyl groups is 1. The lowest BCUT2D eigenvalue weighted by molar-refractivity contribution is 0.141. The summed E-state index contributed by atoms with van der Waals surface area (Å²) in [5.74, 6) is 0.0370. The molecule has 0 radical (unpaired) electrons. The smallest absolute Gasteiger partial charge is 0.119 e. The first kappa shape index (κ1) is 8.01. The zero-order valence-corrected chi connectivity index (χ0v) is 5.87. The molecule has 0 saturated heterocycles. The predicted octanol–water partition coefficient (Wildman–Crippen LogP) is 1.40. The van der Waals surface area contributed by atoms with Gasteiger partial charge in [0, 0.05) is 0 Å². The third-order valence-corrected chi connectivity index (χ3v) is 1.40. The number of alkyl halides is 1. The molecule has 0 bridgehead atoms. The number of hydrogen-bond acceptors (Lipinski definition) is 2. The molecule has 1 aromatic carbocycles. The van der Waals surface area contributed by atoms with Gasteiger partial charge in [-0.25, -0.2) is 4.39 Å². The molecule has 0 aliphatic carbocycles. The van der Waals surface area contributed by atoms with Gasteiger partial charge in [-0.2, -0.15) is 0 Å². The molecule has 0 heterocycles. The van der Waals surface area contributed by atoms with E-state index in [1.54, 1.807) is 12.1 Å². The van der Waals surface area contributed by atoms with Gasteiger partial charge in [-0.15, -0.1) is 0 Å². The summed E-state index contributed by atoms with van der Waals surface area (Å²) in [6, 6.07) is 5.92. The number of phenols is 1. The second-order valence-electron chi connectivity index (χ2n) is 2.27. The van der Waals surface area contributed by atoms with Crippen molar-refractivity contribution in [3.8, 4) is 5.75 Å².